The Morgan fingerprint density at radius 2 is 1.92 bits per heavy atom. The first-order valence-corrected chi connectivity index (χ1v) is 9.26. The van der Waals surface area contributed by atoms with Gasteiger partial charge in [-0.05, 0) is 52.3 Å². The van der Waals surface area contributed by atoms with Gasteiger partial charge in [0, 0.05) is 20.6 Å². The molecule has 26 heavy (non-hydrogen) atoms. The number of carbonyl (C=O) groups excluding carboxylic acids is 2. The van der Waals surface area contributed by atoms with E-state index in [1.54, 1.807) is 30.3 Å². The van der Waals surface area contributed by atoms with Crippen molar-refractivity contribution in [2.45, 2.75) is 0 Å². The number of hydrogen-bond acceptors (Lipinski definition) is 4. The molecule has 6 nitrogen and oxygen atoms in total. The highest BCUT2D eigenvalue weighted by molar-refractivity contribution is 9.11. The third-order valence-electron chi connectivity index (χ3n) is 3.15. The minimum Gasteiger partial charge on any atom is -0.495 e. The number of rotatable bonds is 6. The lowest BCUT2D eigenvalue weighted by Crippen LogP contribution is -2.34. The number of nitrogens with one attached hydrogen (secondary N) is 2. The van der Waals surface area contributed by atoms with Crippen molar-refractivity contribution in [1.82, 2.24) is 10.7 Å². The second-order valence-corrected chi connectivity index (χ2v) is 7.20. The first-order chi connectivity index (χ1) is 12.4. The highest BCUT2D eigenvalue weighted by Gasteiger charge is 2.09. The van der Waals surface area contributed by atoms with E-state index in [2.05, 4.69) is 47.7 Å². The van der Waals surface area contributed by atoms with Gasteiger partial charge in [-0.2, -0.15) is 5.10 Å². The van der Waals surface area contributed by atoms with E-state index in [0.29, 0.717) is 21.9 Å². The molecule has 0 aliphatic heterocycles. The lowest BCUT2D eigenvalue weighted by molar-refractivity contribution is -0.120. The van der Waals surface area contributed by atoms with Gasteiger partial charge in [-0.15, -0.1) is 0 Å². The minimum absolute atomic E-state index is 0.210. The van der Waals surface area contributed by atoms with Crippen LogP contribution in [0.1, 0.15) is 15.9 Å². The molecule has 0 atom stereocenters. The van der Waals surface area contributed by atoms with E-state index in [9.17, 15) is 9.59 Å². The van der Waals surface area contributed by atoms with Crippen LogP contribution in [-0.2, 0) is 4.79 Å². The number of halogens is 3. The molecule has 0 aromatic heterocycles. The largest absolute Gasteiger partial charge is 0.495 e. The van der Waals surface area contributed by atoms with E-state index in [1.165, 1.54) is 13.3 Å². The molecule has 136 valence electrons. The van der Waals surface area contributed by atoms with Crippen LogP contribution < -0.4 is 15.5 Å². The molecule has 2 aromatic rings. The van der Waals surface area contributed by atoms with Crippen molar-refractivity contribution in [3.63, 3.8) is 0 Å². The summed E-state index contributed by atoms with van der Waals surface area (Å²) < 4.78 is 6.86. The smallest absolute Gasteiger partial charge is 0.259 e. The Kier molecular flexibility index (Phi) is 7.62. The van der Waals surface area contributed by atoms with Crippen LogP contribution in [0.25, 0.3) is 0 Å². The number of amides is 2. The molecule has 0 unspecified atom stereocenters. The summed E-state index contributed by atoms with van der Waals surface area (Å²) in [5.41, 5.74) is 3.42. The lowest BCUT2D eigenvalue weighted by Gasteiger charge is -2.08. The minimum atomic E-state index is -0.461. The van der Waals surface area contributed by atoms with Gasteiger partial charge in [0.25, 0.3) is 11.8 Å². The molecule has 0 fully saturated rings. The summed E-state index contributed by atoms with van der Waals surface area (Å²) in [6, 6.07) is 9.98. The Labute approximate surface area is 172 Å². The number of hydrogen-bond donors (Lipinski definition) is 2. The van der Waals surface area contributed by atoms with Gasteiger partial charge in [0.1, 0.15) is 5.75 Å². The number of ether oxygens (including phenoxy) is 1. The maximum atomic E-state index is 11.9. The van der Waals surface area contributed by atoms with E-state index < -0.39 is 5.91 Å². The van der Waals surface area contributed by atoms with Crippen molar-refractivity contribution in [2.24, 2.45) is 5.10 Å². The second-order valence-electron chi connectivity index (χ2n) is 4.99. The molecule has 2 amide bonds. The van der Waals surface area contributed by atoms with E-state index in [0.717, 1.165) is 8.95 Å². The van der Waals surface area contributed by atoms with E-state index in [4.69, 9.17) is 16.3 Å². The number of carbonyl (C=O) groups is 2. The summed E-state index contributed by atoms with van der Waals surface area (Å²) in [5.74, 6) is -0.253. The zero-order valence-corrected chi connectivity index (χ0v) is 17.5. The van der Waals surface area contributed by atoms with E-state index in [-0.39, 0.29) is 12.5 Å². The molecule has 0 saturated carbocycles. The highest BCUT2D eigenvalue weighted by Crippen LogP contribution is 2.31. The zero-order valence-electron chi connectivity index (χ0n) is 13.6. The quantitative estimate of drug-likeness (QED) is 0.466. The average Bonchev–Trinajstić information content (AvgIpc) is 2.60. The molecule has 0 radical (unpaired) electrons. The molecule has 0 saturated heterocycles. The van der Waals surface area contributed by atoms with Crippen LogP contribution in [0.5, 0.6) is 5.75 Å². The van der Waals surface area contributed by atoms with Crippen LogP contribution in [0.15, 0.2) is 50.4 Å². The predicted molar refractivity (Wildman–Crippen MR) is 108 cm³/mol. The topological polar surface area (TPSA) is 79.8 Å². The summed E-state index contributed by atoms with van der Waals surface area (Å²) in [6.45, 7) is -0.210. The van der Waals surface area contributed by atoms with Gasteiger partial charge in [0.05, 0.1) is 24.3 Å². The van der Waals surface area contributed by atoms with Gasteiger partial charge in [-0.25, -0.2) is 5.43 Å². The van der Waals surface area contributed by atoms with Gasteiger partial charge >= 0.3 is 0 Å². The molecule has 0 aliphatic rings. The van der Waals surface area contributed by atoms with Gasteiger partial charge in [-0.3, -0.25) is 9.59 Å². The summed E-state index contributed by atoms with van der Waals surface area (Å²) in [6.07, 6.45) is 1.45. The lowest BCUT2D eigenvalue weighted by atomic mass is 10.2. The number of nitrogens with zero attached hydrogens (tertiary/aromatic N) is 1. The number of methoxy groups -OCH3 is 1. The summed E-state index contributed by atoms with van der Waals surface area (Å²) in [4.78, 5) is 23.7. The highest BCUT2D eigenvalue weighted by atomic mass is 79.9. The van der Waals surface area contributed by atoms with E-state index >= 15 is 0 Å². The molecule has 0 spiro atoms. The molecule has 0 heterocycles. The maximum Gasteiger partial charge on any atom is 0.259 e. The third-order valence-corrected chi connectivity index (χ3v) is 4.45. The van der Waals surface area contributed by atoms with Gasteiger partial charge in [0.15, 0.2) is 0 Å². The van der Waals surface area contributed by atoms with Crippen molar-refractivity contribution < 1.29 is 14.3 Å². The van der Waals surface area contributed by atoms with Crippen LogP contribution in [0.3, 0.4) is 0 Å². The maximum absolute atomic E-state index is 11.9. The fraction of sp³-hybridized carbons (Fsp3) is 0.118. The van der Waals surface area contributed by atoms with Crippen LogP contribution in [0.4, 0.5) is 0 Å². The second kappa shape index (κ2) is 9.70. The Morgan fingerprint density at radius 1 is 1.23 bits per heavy atom. The summed E-state index contributed by atoms with van der Waals surface area (Å²) in [5, 5.41) is 6.91. The molecule has 2 aromatic carbocycles. The first-order valence-electron chi connectivity index (χ1n) is 7.29. The van der Waals surface area contributed by atoms with Crippen molar-refractivity contribution in [1.29, 1.82) is 0 Å². The number of hydrazone groups is 1. The standard InChI is InChI=1S/C17H14Br2ClN3O3/c1-26-16-11(6-12(18)7-14(16)19)8-22-23-15(24)9-21-17(25)10-2-4-13(20)5-3-10/h2-8H,9H2,1H3,(H,21,25)(H,23,24)/b22-8+. The van der Waals surface area contributed by atoms with Gasteiger partial charge in [-0.1, -0.05) is 27.5 Å². The monoisotopic (exact) mass is 501 g/mol. The van der Waals surface area contributed by atoms with E-state index in [1.807, 2.05) is 6.07 Å². The van der Waals surface area contributed by atoms with Gasteiger partial charge in [0.2, 0.25) is 0 Å². The molecular weight excluding hydrogens is 489 g/mol. The first kappa shape index (κ1) is 20.4. The Balaban J connectivity index is 1.90. The molecule has 0 bridgehead atoms. The zero-order chi connectivity index (χ0) is 19.1. The summed E-state index contributed by atoms with van der Waals surface area (Å²) >= 11 is 12.5. The van der Waals surface area contributed by atoms with Crippen molar-refractivity contribution in [2.75, 3.05) is 13.7 Å². The average molecular weight is 504 g/mol. The van der Waals surface area contributed by atoms with Crippen LogP contribution in [-0.4, -0.2) is 31.7 Å². The van der Waals surface area contributed by atoms with Crippen molar-refractivity contribution >= 4 is 61.5 Å². The molecule has 9 heteroatoms. The molecular formula is C17H14Br2ClN3O3. The van der Waals surface area contributed by atoms with Crippen LogP contribution in [0, 0.1) is 0 Å². The Hall–Kier alpha value is -1.90. The Morgan fingerprint density at radius 3 is 2.58 bits per heavy atom. The third kappa shape index (κ3) is 5.82. The molecule has 0 aliphatic carbocycles. The molecule has 2 N–H and O–H groups in total. The fourth-order valence-electron chi connectivity index (χ4n) is 1.97. The summed E-state index contributed by atoms with van der Waals surface area (Å²) in [7, 11) is 1.54. The molecule has 2 rings (SSSR count). The normalized spacial score (nSPS) is 10.6. The van der Waals surface area contributed by atoms with Crippen LogP contribution >= 0.6 is 43.5 Å². The Bertz CT molecular complexity index is 842. The predicted octanol–water partition coefficient (Wildman–Crippen LogP) is 3.75. The number of benzene rings is 2. The van der Waals surface area contributed by atoms with Crippen molar-refractivity contribution in [3.05, 3.63) is 61.5 Å². The fourth-order valence-corrected chi connectivity index (χ4v) is 3.51. The van der Waals surface area contributed by atoms with Gasteiger partial charge < -0.3 is 10.1 Å². The van der Waals surface area contributed by atoms with Crippen molar-refractivity contribution in [3.8, 4) is 5.75 Å². The van der Waals surface area contributed by atoms with Crippen LogP contribution in [0.2, 0.25) is 5.02 Å². The SMILES string of the molecule is COc1c(Br)cc(Br)cc1/C=N/NC(=O)CNC(=O)c1ccc(Cl)cc1.